The molecule has 3 aromatic rings. The number of H-pyrrole nitrogens is 1. The highest BCUT2D eigenvalue weighted by molar-refractivity contribution is 6.33. The Hall–Kier alpha value is -3.30. The summed E-state index contributed by atoms with van der Waals surface area (Å²) in [5.74, 6) is -0.863. The second-order valence-corrected chi connectivity index (χ2v) is 7.99. The summed E-state index contributed by atoms with van der Waals surface area (Å²) in [6.45, 7) is 3.72. The first-order valence-electron chi connectivity index (χ1n) is 10.2. The van der Waals surface area contributed by atoms with Crippen molar-refractivity contribution < 1.29 is 19.1 Å². The van der Waals surface area contributed by atoms with Crippen LogP contribution in [0.3, 0.4) is 0 Å². The van der Waals surface area contributed by atoms with E-state index in [1.165, 1.54) is 4.57 Å². The van der Waals surface area contributed by atoms with Gasteiger partial charge >= 0.3 is 5.97 Å². The van der Waals surface area contributed by atoms with Crippen LogP contribution >= 0.6 is 11.6 Å². The number of benzene rings is 1. The number of hydrogen-bond donors (Lipinski definition) is 3. The van der Waals surface area contributed by atoms with Crippen LogP contribution in [0.4, 0.5) is 5.69 Å². The third kappa shape index (κ3) is 4.09. The minimum Gasteiger partial charge on any atom is -0.433 e. The van der Waals surface area contributed by atoms with Crippen LogP contribution in [0.1, 0.15) is 26.3 Å². The maximum Gasteiger partial charge on any atom is 0.310 e. The Bertz CT molecular complexity index is 1250. The maximum absolute atomic E-state index is 13.1. The molecule has 10 heteroatoms. The van der Waals surface area contributed by atoms with Gasteiger partial charge in [-0.15, -0.1) is 0 Å². The smallest absolute Gasteiger partial charge is 0.310 e. The van der Waals surface area contributed by atoms with Crippen molar-refractivity contribution in [3.63, 3.8) is 0 Å². The van der Waals surface area contributed by atoms with Gasteiger partial charge in [0.1, 0.15) is 17.6 Å². The van der Waals surface area contributed by atoms with E-state index >= 15 is 0 Å². The van der Waals surface area contributed by atoms with E-state index in [4.69, 9.17) is 26.8 Å². The van der Waals surface area contributed by atoms with Crippen molar-refractivity contribution in [2.75, 3.05) is 12.3 Å². The molecular formula is C22H23ClN4O5. The van der Waals surface area contributed by atoms with Crippen molar-refractivity contribution in [1.29, 1.82) is 0 Å². The highest BCUT2D eigenvalue weighted by Gasteiger charge is 2.37. The third-order valence-corrected chi connectivity index (χ3v) is 5.77. The molecule has 4 rings (SSSR count). The average molecular weight is 459 g/mol. The lowest BCUT2D eigenvalue weighted by Gasteiger charge is -2.21. The number of nitrogen functional groups attached to an aromatic ring is 1. The molecule has 1 aliphatic heterocycles. The highest BCUT2D eigenvalue weighted by atomic mass is 35.5. The average Bonchev–Trinajstić information content (AvgIpc) is 3.34. The molecule has 0 radical (unpaired) electrons. The van der Waals surface area contributed by atoms with Gasteiger partial charge in [0.05, 0.1) is 17.1 Å². The van der Waals surface area contributed by atoms with E-state index in [-0.39, 0.29) is 12.0 Å². The van der Waals surface area contributed by atoms with Crippen molar-refractivity contribution in [3.05, 3.63) is 51.9 Å². The summed E-state index contributed by atoms with van der Waals surface area (Å²) in [7, 11) is 0. The number of aromatic amines is 1. The number of cyclic esters (lactones) is 1. The topological polar surface area (TPSA) is 128 Å². The molecule has 9 nitrogen and oxygen atoms in total. The molecule has 2 aromatic heterocycles. The van der Waals surface area contributed by atoms with E-state index in [1.54, 1.807) is 44.3 Å². The van der Waals surface area contributed by atoms with Gasteiger partial charge < -0.3 is 30.1 Å². The summed E-state index contributed by atoms with van der Waals surface area (Å²) < 4.78 is 11.8. The first kappa shape index (κ1) is 21.9. The maximum atomic E-state index is 13.1. The largest absolute Gasteiger partial charge is 0.433 e. The molecule has 3 atom stereocenters. The van der Waals surface area contributed by atoms with E-state index in [0.717, 1.165) is 5.56 Å². The van der Waals surface area contributed by atoms with Crippen LogP contribution in [0.2, 0.25) is 5.02 Å². The predicted octanol–water partition coefficient (Wildman–Crippen LogP) is 2.59. The Balaban J connectivity index is 1.59. The van der Waals surface area contributed by atoms with Gasteiger partial charge in [-0.1, -0.05) is 17.7 Å². The number of amides is 1. The van der Waals surface area contributed by atoms with Crippen molar-refractivity contribution in [3.8, 4) is 11.3 Å². The number of aromatic nitrogens is 2. The lowest BCUT2D eigenvalue weighted by molar-refractivity contribution is -0.164. The van der Waals surface area contributed by atoms with Gasteiger partial charge in [-0.05, 0) is 43.7 Å². The summed E-state index contributed by atoms with van der Waals surface area (Å²) in [6, 6.07) is 7.38. The first-order chi connectivity index (χ1) is 15.3. The van der Waals surface area contributed by atoms with Crippen LogP contribution < -0.4 is 16.6 Å². The fourth-order valence-corrected chi connectivity index (χ4v) is 3.87. The molecule has 0 spiro atoms. The van der Waals surface area contributed by atoms with Gasteiger partial charge in [0.25, 0.3) is 5.56 Å². The number of nitrogens with zero attached hydrogens (tertiary/aromatic N) is 1. The Morgan fingerprint density at radius 3 is 2.88 bits per heavy atom. The lowest BCUT2D eigenvalue weighted by Crippen LogP contribution is -2.45. The Morgan fingerprint density at radius 1 is 1.38 bits per heavy atom. The van der Waals surface area contributed by atoms with Crippen LogP contribution in [0.5, 0.6) is 0 Å². The monoisotopic (exact) mass is 458 g/mol. The zero-order valence-electron chi connectivity index (χ0n) is 17.6. The normalized spacial score (nSPS) is 19.2. The van der Waals surface area contributed by atoms with Gasteiger partial charge in [0, 0.05) is 23.9 Å². The lowest BCUT2D eigenvalue weighted by atomic mass is 10.1. The van der Waals surface area contributed by atoms with Gasteiger partial charge in [-0.25, -0.2) is 0 Å². The van der Waals surface area contributed by atoms with Gasteiger partial charge in [0.2, 0.25) is 12.2 Å². The molecule has 1 unspecified atom stereocenters. The Kier molecular flexibility index (Phi) is 5.94. The molecule has 0 aliphatic carbocycles. The number of carbonyl (C=O) groups is 2. The van der Waals surface area contributed by atoms with E-state index in [1.807, 2.05) is 6.07 Å². The molecule has 0 bridgehead atoms. The second kappa shape index (κ2) is 8.68. The number of nitrogens with two attached hydrogens (primary N) is 1. The molecule has 1 fully saturated rings. The van der Waals surface area contributed by atoms with Crippen LogP contribution in [-0.4, -0.2) is 40.4 Å². The first-order valence-corrected chi connectivity index (χ1v) is 10.6. The standard InChI is InChI=1S/C22H23ClN4O5/c1-3-31-22-17(10-18(28)32-22)26-20(29)11(2)27-7-6-13-9-16(25-19(13)21(27)30)12-4-5-15(24)14(23)8-12/h4-9,11,17,22,25H,3,10,24H2,1-2H3,(H,26,29)/t11?,17-,22-/m0/s1. The third-order valence-electron chi connectivity index (χ3n) is 5.44. The van der Waals surface area contributed by atoms with Crippen molar-refractivity contribution in [2.24, 2.45) is 0 Å². The van der Waals surface area contributed by atoms with E-state index < -0.39 is 30.3 Å². The predicted molar refractivity (Wildman–Crippen MR) is 120 cm³/mol. The fraction of sp³-hybridized carbons (Fsp3) is 0.318. The summed E-state index contributed by atoms with van der Waals surface area (Å²) in [5.41, 5.74) is 7.74. The number of hydrogen-bond acceptors (Lipinski definition) is 6. The number of rotatable bonds is 6. The van der Waals surface area contributed by atoms with Crippen molar-refractivity contribution >= 4 is 40.1 Å². The van der Waals surface area contributed by atoms with Crippen LogP contribution in [-0.2, 0) is 19.1 Å². The van der Waals surface area contributed by atoms with E-state index in [2.05, 4.69) is 10.3 Å². The fourth-order valence-electron chi connectivity index (χ4n) is 3.69. The summed E-state index contributed by atoms with van der Waals surface area (Å²) in [4.78, 5) is 40.6. The Morgan fingerprint density at radius 2 is 2.16 bits per heavy atom. The molecule has 4 N–H and O–H groups in total. The van der Waals surface area contributed by atoms with Crippen LogP contribution in [0.25, 0.3) is 22.2 Å². The van der Waals surface area contributed by atoms with Crippen molar-refractivity contribution in [2.45, 2.75) is 38.6 Å². The second-order valence-electron chi connectivity index (χ2n) is 7.59. The molecule has 1 saturated heterocycles. The van der Waals surface area contributed by atoms with E-state index in [9.17, 15) is 14.4 Å². The number of nitrogens with one attached hydrogen (secondary N) is 2. The molecule has 3 heterocycles. The summed E-state index contributed by atoms with van der Waals surface area (Å²) >= 11 is 6.12. The number of ether oxygens (including phenoxy) is 2. The molecule has 0 saturated carbocycles. The van der Waals surface area contributed by atoms with Gasteiger partial charge in [-0.3, -0.25) is 14.4 Å². The van der Waals surface area contributed by atoms with Crippen molar-refractivity contribution in [1.82, 2.24) is 14.9 Å². The van der Waals surface area contributed by atoms with Gasteiger partial charge in [-0.2, -0.15) is 0 Å². The summed E-state index contributed by atoms with van der Waals surface area (Å²) in [5, 5.41) is 3.88. The molecule has 168 valence electrons. The van der Waals surface area contributed by atoms with Crippen LogP contribution in [0, 0.1) is 0 Å². The zero-order chi connectivity index (χ0) is 23.0. The molecular weight excluding hydrogens is 436 g/mol. The highest BCUT2D eigenvalue weighted by Crippen LogP contribution is 2.28. The van der Waals surface area contributed by atoms with Gasteiger partial charge in [0.15, 0.2) is 0 Å². The SMILES string of the molecule is CCO[C@H]1OC(=O)C[C@@H]1NC(=O)C(C)n1ccc2cc(-c3ccc(N)c(Cl)c3)[nH]c2c1=O. The number of pyridine rings is 1. The molecule has 1 aromatic carbocycles. The number of carbonyl (C=O) groups excluding carboxylic acids is 2. The number of halogens is 1. The number of fused-ring (bicyclic) bond motifs is 1. The zero-order valence-corrected chi connectivity index (χ0v) is 18.3. The minimum atomic E-state index is -0.833. The number of anilines is 1. The van der Waals surface area contributed by atoms with Crippen LogP contribution in [0.15, 0.2) is 41.3 Å². The van der Waals surface area contributed by atoms with E-state index in [0.29, 0.717) is 33.9 Å². The molecule has 1 aliphatic rings. The molecule has 1 amide bonds. The Labute approximate surface area is 188 Å². The minimum absolute atomic E-state index is 0.0151. The summed E-state index contributed by atoms with van der Waals surface area (Å²) in [6.07, 6.45) is 0.751. The molecule has 32 heavy (non-hydrogen) atoms. The quantitative estimate of drug-likeness (QED) is 0.384. The number of esters is 1.